The number of hydrogen-bond acceptors (Lipinski definition) is 5. The minimum Gasteiger partial charge on any atom is -0.322 e. The van der Waals surface area contributed by atoms with Crippen molar-refractivity contribution in [3.05, 3.63) is 24.2 Å². The summed E-state index contributed by atoms with van der Waals surface area (Å²) in [5, 5.41) is 0. The van der Waals surface area contributed by atoms with Gasteiger partial charge in [0.05, 0.1) is 5.69 Å². The molecule has 0 atom stereocenters. The summed E-state index contributed by atoms with van der Waals surface area (Å²) < 4.78 is 0. The lowest BCUT2D eigenvalue weighted by Gasteiger charge is -2.03. The largest absolute Gasteiger partial charge is 0.322 e. The number of nitrogens with one attached hydrogen (secondary N) is 1. The topological polar surface area (TPSA) is 76.7 Å². The van der Waals surface area contributed by atoms with Gasteiger partial charge in [-0.05, 0) is 13.0 Å². The molecule has 3 N–H and O–H groups in total. The molecule has 0 fully saturated rings. The number of nitrogens with zero attached hydrogens (tertiary/aromatic N) is 3. The lowest BCUT2D eigenvalue weighted by molar-refractivity contribution is 1.16. The van der Waals surface area contributed by atoms with Gasteiger partial charge in [0.1, 0.15) is 5.52 Å². The van der Waals surface area contributed by atoms with Gasteiger partial charge in [0.25, 0.3) is 0 Å². The summed E-state index contributed by atoms with van der Waals surface area (Å²) in [6.07, 6.45) is 3.22. The lowest BCUT2D eigenvalue weighted by atomic mass is 10.3. The average molecular weight is 175 g/mol. The maximum Gasteiger partial charge on any atom is 0.180 e. The van der Waals surface area contributed by atoms with Gasteiger partial charge >= 0.3 is 0 Å². The molecule has 5 nitrogen and oxygen atoms in total. The molecule has 0 amide bonds. The van der Waals surface area contributed by atoms with E-state index in [9.17, 15) is 0 Å². The highest BCUT2D eigenvalue weighted by molar-refractivity contribution is 5.84. The summed E-state index contributed by atoms with van der Waals surface area (Å²) in [4.78, 5) is 12.4. The summed E-state index contributed by atoms with van der Waals surface area (Å²) in [5.41, 5.74) is 5.47. The Hall–Kier alpha value is -1.75. The summed E-state index contributed by atoms with van der Waals surface area (Å²) >= 11 is 0. The Morgan fingerprint density at radius 1 is 1.31 bits per heavy atom. The van der Waals surface area contributed by atoms with Crippen molar-refractivity contribution in [2.24, 2.45) is 5.84 Å². The minimum atomic E-state index is 0.607. The van der Waals surface area contributed by atoms with Gasteiger partial charge in [-0.2, -0.15) is 0 Å². The zero-order valence-electron chi connectivity index (χ0n) is 7.15. The van der Waals surface area contributed by atoms with E-state index in [1.807, 2.05) is 13.0 Å². The van der Waals surface area contributed by atoms with Crippen LogP contribution in [0.2, 0.25) is 0 Å². The Morgan fingerprint density at radius 3 is 2.85 bits per heavy atom. The normalized spacial score (nSPS) is 10.3. The molecule has 2 heterocycles. The summed E-state index contributed by atoms with van der Waals surface area (Å²) in [6.45, 7) is 1.88. The molecule has 0 saturated carbocycles. The third-order valence-electron chi connectivity index (χ3n) is 1.73. The number of aryl methyl sites for hydroxylation is 1. The standard InChI is InChI=1S/C8H9N5/c1-5-4-6(13-9)7-8(12-5)11-3-2-10-7/h2-4H,9H2,1H3,(H,11,12,13). The van der Waals surface area contributed by atoms with Crippen LogP contribution < -0.4 is 11.3 Å². The van der Waals surface area contributed by atoms with Crippen LogP contribution in [-0.2, 0) is 0 Å². The molecule has 66 valence electrons. The first kappa shape index (κ1) is 7.88. The van der Waals surface area contributed by atoms with E-state index < -0.39 is 0 Å². The zero-order valence-corrected chi connectivity index (χ0v) is 7.15. The molecule has 2 rings (SSSR count). The number of nitrogen functional groups attached to an aromatic ring is 1. The lowest BCUT2D eigenvalue weighted by Crippen LogP contribution is -2.08. The Balaban J connectivity index is 2.81. The Kier molecular flexibility index (Phi) is 1.79. The van der Waals surface area contributed by atoms with E-state index in [-0.39, 0.29) is 0 Å². The van der Waals surface area contributed by atoms with Crippen LogP contribution in [0.3, 0.4) is 0 Å². The highest BCUT2D eigenvalue weighted by Crippen LogP contribution is 2.17. The molecule has 0 aromatic carbocycles. The summed E-state index contributed by atoms with van der Waals surface area (Å²) in [7, 11) is 0. The molecular weight excluding hydrogens is 166 g/mol. The van der Waals surface area contributed by atoms with Gasteiger partial charge in [0.2, 0.25) is 0 Å². The highest BCUT2D eigenvalue weighted by atomic mass is 15.2. The number of hydrazine groups is 1. The third kappa shape index (κ3) is 1.29. The molecule has 0 aliphatic heterocycles. The second-order valence-electron chi connectivity index (χ2n) is 2.68. The second kappa shape index (κ2) is 2.95. The molecule has 0 aliphatic rings. The van der Waals surface area contributed by atoms with Crippen molar-refractivity contribution in [1.82, 2.24) is 15.0 Å². The fourth-order valence-corrected chi connectivity index (χ4v) is 1.19. The first-order valence-corrected chi connectivity index (χ1v) is 3.86. The van der Waals surface area contributed by atoms with E-state index in [4.69, 9.17) is 5.84 Å². The number of pyridine rings is 1. The van der Waals surface area contributed by atoms with E-state index in [0.29, 0.717) is 11.2 Å². The third-order valence-corrected chi connectivity index (χ3v) is 1.73. The molecule has 2 aromatic rings. The molecule has 5 heteroatoms. The number of fused-ring (bicyclic) bond motifs is 1. The van der Waals surface area contributed by atoms with Crippen molar-refractivity contribution in [2.75, 3.05) is 5.43 Å². The van der Waals surface area contributed by atoms with E-state index >= 15 is 0 Å². The van der Waals surface area contributed by atoms with Crippen LogP contribution in [0.25, 0.3) is 11.2 Å². The monoisotopic (exact) mass is 175 g/mol. The Labute approximate surface area is 75.0 Å². The van der Waals surface area contributed by atoms with Crippen molar-refractivity contribution in [2.45, 2.75) is 6.92 Å². The first-order valence-electron chi connectivity index (χ1n) is 3.86. The number of aromatic nitrogens is 3. The van der Waals surface area contributed by atoms with E-state index in [1.165, 1.54) is 0 Å². The van der Waals surface area contributed by atoms with Crippen molar-refractivity contribution in [1.29, 1.82) is 0 Å². The second-order valence-corrected chi connectivity index (χ2v) is 2.68. The van der Waals surface area contributed by atoms with Gasteiger partial charge in [-0.25, -0.2) is 15.0 Å². The number of anilines is 1. The molecule has 0 radical (unpaired) electrons. The minimum absolute atomic E-state index is 0.607. The number of rotatable bonds is 1. The smallest absolute Gasteiger partial charge is 0.180 e. The van der Waals surface area contributed by atoms with Crippen LogP contribution in [0.1, 0.15) is 5.69 Å². The van der Waals surface area contributed by atoms with Crippen LogP contribution in [-0.4, -0.2) is 15.0 Å². The molecular formula is C8H9N5. The van der Waals surface area contributed by atoms with Crippen molar-refractivity contribution in [3.63, 3.8) is 0 Å². The SMILES string of the molecule is Cc1cc(NN)c2nccnc2n1. The zero-order chi connectivity index (χ0) is 9.26. The Morgan fingerprint density at radius 2 is 2.08 bits per heavy atom. The van der Waals surface area contributed by atoms with Gasteiger partial charge in [0.15, 0.2) is 5.65 Å². The van der Waals surface area contributed by atoms with Gasteiger partial charge in [0, 0.05) is 18.1 Å². The molecule has 0 bridgehead atoms. The van der Waals surface area contributed by atoms with Gasteiger partial charge in [-0.3, -0.25) is 5.84 Å². The van der Waals surface area contributed by atoms with Gasteiger partial charge in [-0.15, -0.1) is 0 Å². The first-order chi connectivity index (χ1) is 6.31. The predicted molar refractivity (Wildman–Crippen MR) is 49.9 cm³/mol. The molecule has 0 unspecified atom stereocenters. The molecule has 2 aromatic heterocycles. The fraction of sp³-hybridized carbons (Fsp3) is 0.125. The quantitative estimate of drug-likeness (QED) is 0.490. The number of hydrogen-bond donors (Lipinski definition) is 2. The van der Waals surface area contributed by atoms with Gasteiger partial charge in [-0.1, -0.05) is 0 Å². The molecule has 0 saturated heterocycles. The van der Waals surface area contributed by atoms with E-state index in [2.05, 4.69) is 20.4 Å². The maximum atomic E-state index is 5.34. The predicted octanol–water partition coefficient (Wildman–Crippen LogP) is 0.619. The van der Waals surface area contributed by atoms with Crippen LogP contribution in [0.15, 0.2) is 18.5 Å². The highest BCUT2D eigenvalue weighted by Gasteiger charge is 2.03. The Bertz CT molecular complexity index is 439. The summed E-state index contributed by atoms with van der Waals surface area (Å²) in [6, 6.07) is 1.83. The average Bonchev–Trinajstić information content (AvgIpc) is 2.16. The van der Waals surface area contributed by atoms with Crippen LogP contribution in [0.4, 0.5) is 5.69 Å². The van der Waals surface area contributed by atoms with Crippen LogP contribution >= 0.6 is 0 Å². The van der Waals surface area contributed by atoms with E-state index in [1.54, 1.807) is 12.4 Å². The number of nitrogens with two attached hydrogens (primary N) is 1. The van der Waals surface area contributed by atoms with E-state index in [0.717, 1.165) is 11.4 Å². The fourth-order valence-electron chi connectivity index (χ4n) is 1.19. The molecule has 0 aliphatic carbocycles. The van der Waals surface area contributed by atoms with Crippen LogP contribution in [0.5, 0.6) is 0 Å². The van der Waals surface area contributed by atoms with Crippen LogP contribution in [0, 0.1) is 6.92 Å². The molecule has 0 spiro atoms. The van der Waals surface area contributed by atoms with Crippen molar-refractivity contribution < 1.29 is 0 Å². The maximum absolute atomic E-state index is 5.34. The molecule has 13 heavy (non-hydrogen) atoms. The van der Waals surface area contributed by atoms with Crippen molar-refractivity contribution in [3.8, 4) is 0 Å². The summed E-state index contributed by atoms with van der Waals surface area (Å²) in [5.74, 6) is 5.34. The van der Waals surface area contributed by atoms with Crippen molar-refractivity contribution >= 4 is 16.9 Å². The van der Waals surface area contributed by atoms with Gasteiger partial charge < -0.3 is 5.43 Å².